The molecule has 0 aromatic heterocycles. The second kappa shape index (κ2) is 5.32. The van der Waals surface area contributed by atoms with Crippen molar-refractivity contribution in [2.24, 2.45) is 0 Å². The lowest BCUT2D eigenvalue weighted by Gasteiger charge is -2.21. The number of benzene rings is 1. The van der Waals surface area contributed by atoms with Crippen molar-refractivity contribution in [2.75, 3.05) is 6.54 Å². The molecule has 0 amide bonds. The number of carbonyl (C=O) groups is 1. The predicted octanol–water partition coefficient (Wildman–Crippen LogP) is 2.46. The SMILES string of the molecule is O=C(O)[C@H]1CCCN1Cc1cc(O)cc(C(F)(F)F)c1. The number of aliphatic carboxylic acids is 1. The molecule has 0 saturated carbocycles. The maximum absolute atomic E-state index is 12.6. The Hall–Kier alpha value is -1.76. The Kier molecular flexibility index (Phi) is 3.89. The molecule has 0 bridgehead atoms. The molecular formula is C13H14F3NO3. The quantitative estimate of drug-likeness (QED) is 0.897. The summed E-state index contributed by atoms with van der Waals surface area (Å²) in [4.78, 5) is 12.6. The van der Waals surface area contributed by atoms with E-state index in [1.54, 1.807) is 4.90 Å². The summed E-state index contributed by atoms with van der Waals surface area (Å²) >= 11 is 0. The summed E-state index contributed by atoms with van der Waals surface area (Å²) < 4.78 is 37.9. The summed E-state index contributed by atoms with van der Waals surface area (Å²) in [6.45, 7) is 0.600. The normalized spacial score (nSPS) is 20.2. The highest BCUT2D eigenvalue weighted by Crippen LogP contribution is 2.33. The van der Waals surface area contributed by atoms with Gasteiger partial charge < -0.3 is 10.2 Å². The van der Waals surface area contributed by atoms with Crippen molar-refractivity contribution in [3.63, 3.8) is 0 Å². The van der Waals surface area contributed by atoms with Gasteiger partial charge in [0, 0.05) is 6.54 Å². The van der Waals surface area contributed by atoms with Crippen molar-refractivity contribution in [1.82, 2.24) is 4.90 Å². The number of alkyl halides is 3. The number of phenolic OH excluding ortho intramolecular Hbond substituents is 1. The van der Waals surface area contributed by atoms with Crippen LogP contribution in [0.5, 0.6) is 5.75 Å². The lowest BCUT2D eigenvalue weighted by Crippen LogP contribution is -2.35. The molecule has 1 aliphatic rings. The lowest BCUT2D eigenvalue weighted by atomic mass is 10.1. The van der Waals surface area contributed by atoms with E-state index in [2.05, 4.69) is 0 Å². The van der Waals surface area contributed by atoms with Crippen LogP contribution in [0.4, 0.5) is 13.2 Å². The molecule has 7 heteroatoms. The van der Waals surface area contributed by atoms with Crippen LogP contribution in [0.25, 0.3) is 0 Å². The molecule has 1 atom stereocenters. The number of phenols is 1. The van der Waals surface area contributed by atoms with E-state index in [-0.39, 0.29) is 12.1 Å². The third-order valence-electron chi connectivity index (χ3n) is 3.34. The van der Waals surface area contributed by atoms with Crippen molar-refractivity contribution >= 4 is 5.97 Å². The van der Waals surface area contributed by atoms with E-state index < -0.39 is 29.5 Å². The second-order valence-corrected chi connectivity index (χ2v) is 4.85. The average molecular weight is 289 g/mol. The van der Waals surface area contributed by atoms with E-state index in [1.165, 1.54) is 6.07 Å². The number of aromatic hydroxyl groups is 1. The Morgan fingerprint density at radius 1 is 1.35 bits per heavy atom. The fraction of sp³-hybridized carbons (Fsp3) is 0.462. The van der Waals surface area contributed by atoms with E-state index >= 15 is 0 Å². The minimum atomic E-state index is -4.54. The first kappa shape index (κ1) is 14.6. The third kappa shape index (κ3) is 3.22. The summed E-state index contributed by atoms with van der Waals surface area (Å²) in [6.07, 6.45) is -3.35. The first-order valence-corrected chi connectivity index (χ1v) is 6.14. The van der Waals surface area contributed by atoms with Gasteiger partial charge in [-0.15, -0.1) is 0 Å². The van der Waals surface area contributed by atoms with E-state index in [1.807, 2.05) is 0 Å². The predicted molar refractivity (Wildman–Crippen MR) is 64.2 cm³/mol. The highest BCUT2D eigenvalue weighted by Gasteiger charge is 2.33. The maximum atomic E-state index is 12.6. The number of rotatable bonds is 3. The summed E-state index contributed by atoms with van der Waals surface area (Å²) in [6, 6.07) is 2.15. The van der Waals surface area contributed by atoms with E-state index in [0.29, 0.717) is 25.5 Å². The molecular weight excluding hydrogens is 275 g/mol. The summed E-state index contributed by atoms with van der Waals surface area (Å²) in [5.41, 5.74) is -0.677. The Morgan fingerprint density at radius 2 is 2.05 bits per heavy atom. The highest BCUT2D eigenvalue weighted by atomic mass is 19.4. The van der Waals surface area contributed by atoms with E-state index in [0.717, 1.165) is 6.07 Å². The minimum Gasteiger partial charge on any atom is -0.508 e. The van der Waals surface area contributed by atoms with Gasteiger partial charge in [0.05, 0.1) is 5.56 Å². The molecule has 1 saturated heterocycles. The molecule has 20 heavy (non-hydrogen) atoms. The second-order valence-electron chi connectivity index (χ2n) is 4.85. The molecule has 0 aliphatic carbocycles. The molecule has 1 aliphatic heterocycles. The van der Waals surface area contributed by atoms with Crippen LogP contribution in [0.1, 0.15) is 24.0 Å². The first-order valence-electron chi connectivity index (χ1n) is 6.14. The lowest BCUT2D eigenvalue weighted by molar-refractivity contribution is -0.142. The van der Waals surface area contributed by atoms with Crippen molar-refractivity contribution in [1.29, 1.82) is 0 Å². The monoisotopic (exact) mass is 289 g/mol. The van der Waals surface area contributed by atoms with E-state index in [4.69, 9.17) is 5.11 Å². The molecule has 1 heterocycles. The summed E-state index contributed by atoms with van der Waals surface area (Å²) in [5.74, 6) is -1.44. The smallest absolute Gasteiger partial charge is 0.416 e. The van der Waals surface area contributed by atoms with Crippen LogP contribution in [0.2, 0.25) is 0 Å². The Labute approximate surface area is 113 Å². The van der Waals surface area contributed by atoms with E-state index in [9.17, 15) is 23.1 Å². The summed E-state index contributed by atoms with van der Waals surface area (Å²) in [5, 5.41) is 18.4. The van der Waals surface area contributed by atoms with Crippen LogP contribution in [-0.2, 0) is 17.5 Å². The molecule has 110 valence electrons. The van der Waals surface area contributed by atoms with Crippen LogP contribution in [0.3, 0.4) is 0 Å². The Morgan fingerprint density at radius 3 is 2.65 bits per heavy atom. The first-order chi connectivity index (χ1) is 9.27. The van der Waals surface area contributed by atoms with Crippen molar-refractivity contribution in [2.45, 2.75) is 31.6 Å². The van der Waals surface area contributed by atoms with Gasteiger partial charge >= 0.3 is 12.1 Å². The Bertz CT molecular complexity index is 516. The minimum absolute atomic E-state index is 0.0778. The number of nitrogens with zero attached hydrogens (tertiary/aromatic N) is 1. The zero-order chi connectivity index (χ0) is 14.9. The molecule has 2 N–H and O–H groups in total. The van der Waals surface area contributed by atoms with Gasteiger partial charge in [-0.05, 0) is 43.1 Å². The van der Waals surface area contributed by atoms with Gasteiger partial charge in [0.1, 0.15) is 11.8 Å². The third-order valence-corrected chi connectivity index (χ3v) is 3.34. The molecule has 1 aromatic carbocycles. The summed E-state index contributed by atoms with van der Waals surface area (Å²) in [7, 11) is 0. The molecule has 1 fully saturated rings. The van der Waals surface area contributed by atoms with Crippen molar-refractivity contribution in [3.05, 3.63) is 29.3 Å². The zero-order valence-corrected chi connectivity index (χ0v) is 10.5. The van der Waals surface area contributed by atoms with Gasteiger partial charge in [-0.25, -0.2) is 0 Å². The van der Waals surface area contributed by atoms with Gasteiger partial charge in [0.25, 0.3) is 0 Å². The van der Waals surface area contributed by atoms with Gasteiger partial charge in [0.2, 0.25) is 0 Å². The van der Waals surface area contributed by atoms with Crippen molar-refractivity contribution in [3.8, 4) is 5.75 Å². The molecule has 4 nitrogen and oxygen atoms in total. The Balaban J connectivity index is 2.21. The van der Waals surface area contributed by atoms with Gasteiger partial charge in [-0.2, -0.15) is 13.2 Å². The molecule has 2 rings (SSSR count). The van der Waals surface area contributed by atoms with Crippen LogP contribution >= 0.6 is 0 Å². The van der Waals surface area contributed by atoms with Crippen molar-refractivity contribution < 1.29 is 28.2 Å². The topological polar surface area (TPSA) is 60.8 Å². The van der Waals surface area contributed by atoms with Crippen LogP contribution in [-0.4, -0.2) is 33.7 Å². The largest absolute Gasteiger partial charge is 0.508 e. The van der Waals surface area contributed by atoms with Crippen LogP contribution < -0.4 is 0 Å². The standard InChI is InChI=1S/C13H14F3NO3/c14-13(15,16)9-4-8(5-10(18)6-9)7-17-3-1-2-11(17)12(19)20/h4-6,11,18H,1-3,7H2,(H,19,20)/t11-/m1/s1. The average Bonchev–Trinajstić information content (AvgIpc) is 2.75. The number of hydrogen-bond donors (Lipinski definition) is 2. The molecule has 0 spiro atoms. The van der Waals surface area contributed by atoms with Gasteiger partial charge in [-0.1, -0.05) is 0 Å². The maximum Gasteiger partial charge on any atom is 0.416 e. The molecule has 0 radical (unpaired) electrons. The number of hydrogen-bond acceptors (Lipinski definition) is 3. The van der Waals surface area contributed by atoms with Crippen LogP contribution in [0, 0.1) is 0 Å². The highest BCUT2D eigenvalue weighted by molar-refractivity contribution is 5.73. The van der Waals surface area contributed by atoms with Crippen LogP contribution in [0.15, 0.2) is 18.2 Å². The molecule has 0 unspecified atom stereocenters. The molecule has 1 aromatic rings. The number of halogens is 3. The fourth-order valence-electron chi connectivity index (χ4n) is 2.46. The fourth-order valence-corrected chi connectivity index (χ4v) is 2.46. The number of likely N-dealkylation sites (tertiary alicyclic amines) is 1. The van der Waals surface area contributed by atoms with Gasteiger partial charge in [-0.3, -0.25) is 9.69 Å². The number of carboxylic acid groups (broad SMARTS) is 1. The van der Waals surface area contributed by atoms with Gasteiger partial charge in [0.15, 0.2) is 0 Å². The number of carboxylic acids is 1. The zero-order valence-electron chi connectivity index (χ0n) is 10.5.